The van der Waals surface area contributed by atoms with E-state index >= 15 is 0 Å². The third-order valence-electron chi connectivity index (χ3n) is 4.02. The molecule has 0 radical (unpaired) electrons. The molecule has 1 saturated heterocycles. The first-order valence-electron chi connectivity index (χ1n) is 7.42. The molecule has 8 heteroatoms. The van der Waals surface area contributed by atoms with E-state index in [9.17, 15) is 8.42 Å². The Kier molecular flexibility index (Phi) is 5.37. The van der Waals surface area contributed by atoms with Crippen LogP contribution in [0.1, 0.15) is 31.0 Å². The van der Waals surface area contributed by atoms with Gasteiger partial charge in [-0.15, -0.1) is 0 Å². The minimum absolute atomic E-state index is 0.288. The average Bonchev–Trinajstić information content (AvgIpc) is 2.85. The van der Waals surface area contributed by atoms with E-state index in [0.717, 1.165) is 30.5 Å². The van der Waals surface area contributed by atoms with Crippen molar-refractivity contribution in [2.75, 3.05) is 19.6 Å². The van der Waals surface area contributed by atoms with Crippen LogP contribution in [0.3, 0.4) is 0 Å². The van der Waals surface area contributed by atoms with E-state index in [-0.39, 0.29) is 6.54 Å². The molecule has 0 aliphatic carbocycles. The second kappa shape index (κ2) is 6.87. The number of aryl methyl sites for hydroxylation is 2. The topological polar surface area (TPSA) is 93.2 Å². The van der Waals surface area contributed by atoms with Crippen LogP contribution in [-0.2, 0) is 30.2 Å². The van der Waals surface area contributed by atoms with Crippen molar-refractivity contribution in [1.82, 2.24) is 18.8 Å². The summed E-state index contributed by atoms with van der Waals surface area (Å²) in [5, 5.41) is 4.32. The van der Waals surface area contributed by atoms with Gasteiger partial charge in [-0.05, 0) is 31.7 Å². The van der Waals surface area contributed by atoms with Crippen molar-refractivity contribution in [3.8, 4) is 0 Å². The molecule has 1 aromatic rings. The van der Waals surface area contributed by atoms with Crippen LogP contribution in [-0.4, -0.2) is 42.1 Å². The molecule has 2 rings (SSSR count). The predicted octanol–water partition coefficient (Wildman–Crippen LogP) is -0.0124. The van der Waals surface area contributed by atoms with Gasteiger partial charge in [0.1, 0.15) is 0 Å². The predicted molar refractivity (Wildman–Crippen MR) is 81.7 cm³/mol. The standard InChI is InChI=1S/C13H25N5O2S/c1-3-13-12(10-17(2)16-13)9-15-21(19,20)18-6-4-11(8-14)5-7-18/h10-11,15H,3-9,14H2,1-2H3. The minimum atomic E-state index is -3.42. The fourth-order valence-electron chi connectivity index (χ4n) is 2.67. The zero-order valence-electron chi connectivity index (χ0n) is 12.7. The van der Waals surface area contributed by atoms with Gasteiger partial charge in [0.05, 0.1) is 5.69 Å². The van der Waals surface area contributed by atoms with Crippen LogP contribution in [0.2, 0.25) is 0 Å². The molecule has 3 N–H and O–H groups in total. The summed E-state index contributed by atoms with van der Waals surface area (Å²) >= 11 is 0. The van der Waals surface area contributed by atoms with Crippen LogP contribution < -0.4 is 10.5 Å². The average molecular weight is 315 g/mol. The molecule has 1 aliphatic heterocycles. The summed E-state index contributed by atoms with van der Waals surface area (Å²) in [5.74, 6) is 0.446. The number of aromatic nitrogens is 2. The summed E-state index contributed by atoms with van der Waals surface area (Å²) in [6, 6.07) is 0. The minimum Gasteiger partial charge on any atom is -0.330 e. The summed E-state index contributed by atoms with van der Waals surface area (Å²) in [4.78, 5) is 0. The van der Waals surface area contributed by atoms with E-state index in [1.165, 1.54) is 4.31 Å². The van der Waals surface area contributed by atoms with Gasteiger partial charge in [0, 0.05) is 38.4 Å². The first-order chi connectivity index (χ1) is 9.96. The fraction of sp³-hybridized carbons (Fsp3) is 0.769. The lowest BCUT2D eigenvalue weighted by atomic mass is 9.99. The number of rotatable bonds is 6. The molecule has 0 bridgehead atoms. The van der Waals surface area contributed by atoms with Crippen molar-refractivity contribution in [1.29, 1.82) is 0 Å². The second-order valence-electron chi connectivity index (χ2n) is 5.53. The fourth-order valence-corrected chi connectivity index (χ4v) is 3.89. The van der Waals surface area contributed by atoms with Crippen LogP contribution in [0.15, 0.2) is 6.20 Å². The van der Waals surface area contributed by atoms with Gasteiger partial charge in [0.15, 0.2) is 0 Å². The van der Waals surface area contributed by atoms with Crippen molar-refractivity contribution >= 4 is 10.2 Å². The number of hydrogen-bond acceptors (Lipinski definition) is 4. The molecule has 0 saturated carbocycles. The van der Waals surface area contributed by atoms with Gasteiger partial charge in [0.25, 0.3) is 10.2 Å². The lowest BCUT2D eigenvalue weighted by molar-refractivity contribution is 0.275. The zero-order chi connectivity index (χ0) is 15.5. The largest absolute Gasteiger partial charge is 0.330 e. The zero-order valence-corrected chi connectivity index (χ0v) is 13.6. The molecule has 1 aliphatic rings. The van der Waals surface area contributed by atoms with Gasteiger partial charge in [-0.1, -0.05) is 6.92 Å². The van der Waals surface area contributed by atoms with Gasteiger partial charge in [-0.2, -0.15) is 22.5 Å². The van der Waals surface area contributed by atoms with Crippen LogP contribution in [0.4, 0.5) is 0 Å². The molecule has 0 spiro atoms. The number of hydrogen-bond donors (Lipinski definition) is 2. The maximum absolute atomic E-state index is 12.3. The van der Waals surface area contributed by atoms with E-state index in [1.807, 2.05) is 20.2 Å². The Bertz CT molecular complexity index is 561. The Morgan fingerprint density at radius 3 is 2.67 bits per heavy atom. The lowest BCUT2D eigenvalue weighted by Crippen LogP contribution is -2.45. The molecule has 2 heterocycles. The Hall–Kier alpha value is -0.960. The summed E-state index contributed by atoms with van der Waals surface area (Å²) in [7, 11) is -1.58. The summed E-state index contributed by atoms with van der Waals surface area (Å²) in [6.45, 7) is 4.03. The van der Waals surface area contributed by atoms with Crippen molar-refractivity contribution in [2.24, 2.45) is 18.7 Å². The molecule has 0 aromatic carbocycles. The highest BCUT2D eigenvalue weighted by Crippen LogP contribution is 2.18. The van der Waals surface area contributed by atoms with Crippen LogP contribution in [0.25, 0.3) is 0 Å². The van der Waals surface area contributed by atoms with E-state index < -0.39 is 10.2 Å². The molecule has 1 fully saturated rings. The third-order valence-corrected chi connectivity index (χ3v) is 5.57. The maximum atomic E-state index is 12.3. The Morgan fingerprint density at radius 2 is 2.10 bits per heavy atom. The summed E-state index contributed by atoms with van der Waals surface area (Å²) < 4.78 is 30.5. The van der Waals surface area contributed by atoms with E-state index in [4.69, 9.17) is 5.73 Å². The molecular formula is C13H25N5O2S. The summed E-state index contributed by atoms with van der Waals surface area (Å²) in [6.07, 6.45) is 4.33. The number of nitrogens with zero attached hydrogens (tertiary/aromatic N) is 3. The first kappa shape index (κ1) is 16.4. The van der Waals surface area contributed by atoms with Gasteiger partial charge in [-0.3, -0.25) is 4.68 Å². The van der Waals surface area contributed by atoms with Gasteiger partial charge < -0.3 is 5.73 Å². The van der Waals surface area contributed by atoms with E-state index in [1.54, 1.807) is 4.68 Å². The van der Waals surface area contributed by atoms with Gasteiger partial charge >= 0.3 is 0 Å². The number of piperidine rings is 1. The van der Waals surface area contributed by atoms with Crippen LogP contribution in [0, 0.1) is 5.92 Å². The van der Waals surface area contributed by atoms with Crippen molar-refractivity contribution in [3.05, 3.63) is 17.5 Å². The SMILES string of the molecule is CCc1nn(C)cc1CNS(=O)(=O)N1CCC(CN)CC1. The highest BCUT2D eigenvalue weighted by molar-refractivity contribution is 7.87. The molecule has 0 unspecified atom stereocenters. The van der Waals surface area contributed by atoms with Crippen LogP contribution >= 0.6 is 0 Å². The Morgan fingerprint density at radius 1 is 1.43 bits per heavy atom. The van der Waals surface area contributed by atoms with Crippen LogP contribution in [0.5, 0.6) is 0 Å². The van der Waals surface area contributed by atoms with E-state index in [0.29, 0.717) is 25.6 Å². The quantitative estimate of drug-likeness (QED) is 0.772. The van der Waals surface area contributed by atoms with Gasteiger partial charge in [0.2, 0.25) is 0 Å². The van der Waals surface area contributed by atoms with Crippen molar-refractivity contribution in [2.45, 2.75) is 32.7 Å². The highest BCUT2D eigenvalue weighted by Gasteiger charge is 2.27. The molecule has 120 valence electrons. The maximum Gasteiger partial charge on any atom is 0.279 e. The van der Waals surface area contributed by atoms with Crippen molar-refractivity contribution in [3.63, 3.8) is 0 Å². The first-order valence-corrected chi connectivity index (χ1v) is 8.86. The van der Waals surface area contributed by atoms with Gasteiger partial charge in [-0.25, -0.2) is 0 Å². The third kappa shape index (κ3) is 4.03. The Labute approximate surface area is 126 Å². The molecule has 0 atom stereocenters. The number of nitrogens with two attached hydrogens (primary N) is 1. The number of nitrogens with one attached hydrogen (secondary N) is 1. The Balaban J connectivity index is 1.95. The molecule has 0 amide bonds. The monoisotopic (exact) mass is 315 g/mol. The summed E-state index contributed by atoms with van der Waals surface area (Å²) in [5.41, 5.74) is 7.50. The highest BCUT2D eigenvalue weighted by atomic mass is 32.2. The smallest absolute Gasteiger partial charge is 0.279 e. The normalized spacial score (nSPS) is 18.2. The second-order valence-corrected chi connectivity index (χ2v) is 7.29. The lowest BCUT2D eigenvalue weighted by Gasteiger charge is -2.30. The van der Waals surface area contributed by atoms with Crippen molar-refractivity contribution < 1.29 is 8.42 Å². The molecule has 21 heavy (non-hydrogen) atoms. The molecular weight excluding hydrogens is 290 g/mol. The molecule has 1 aromatic heterocycles. The van der Waals surface area contributed by atoms with E-state index in [2.05, 4.69) is 9.82 Å². The molecule has 7 nitrogen and oxygen atoms in total.